The van der Waals surface area contributed by atoms with E-state index in [1.165, 1.54) is 25.1 Å². The van der Waals surface area contributed by atoms with Gasteiger partial charge in [0.25, 0.3) is 0 Å². The first-order valence-corrected chi connectivity index (χ1v) is 13.6. The molecule has 0 saturated heterocycles. The van der Waals surface area contributed by atoms with Crippen molar-refractivity contribution in [2.24, 2.45) is 34.8 Å². The number of amides is 1. The standard InChI is InChI=1S/C29H38FN3O7/c1-7-33(12-28(2,3)4)11-14-10-17(34)19-15(21(14)30)8-13-9-16-22(32(5)6)24(36)20(27(31)39)26(38)29(16,40)25(37)18(13)23(19)35/h10,13,16,18,20,22,34,40H,7-9,11-12H2,1-6H3,(H2,31,39)/t13-,16-,18?,20?,22-,29-/m0/s1. The Kier molecular flexibility index (Phi) is 7.57. The van der Waals surface area contributed by atoms with Gasteiger partial charge in [0.15, 0.2) is 34.7 Å². The number of rotatable bonds is 6. The summed E-state index contributed by atoms with van der Waals surface area (Å²) in [5.41, 5.74) is 2.31. The minimum Gasteiger partial charge on any atom is -0.507 e. The molecule has 2 saturated carbocycles. The third-order valence-corrected chi connectivity index (χ3v) is 8.61. The summed E-state index contributed by atoms with van der Waals surface area (Å²) in [5.74, 6) is -12.3. The summed E-state index contributed by atoms with van der Waals surface area (Å²) in [5, 5.41) is 22.5. The highest BCUT2D eigenvalue weighted by Gasteiger charge is 2.69. The Labute approximate surface area is 232 Å². The summed E-state index contributed by atoms with van der Waals surface area (Å²) in [4.78, 5) is 69.5. The summed E-state index contributed by atoms with van der Waals surface area (Å²) in [7, 11) is 3.02. The van der Waals surface area contributed by atoms with Crippen LogP contribution in [-0.2, 0) is 32.1 Å². The lowest BCUT2D eigenvalue weighted by molar-refractivity contribution is -0.181. The summed E-state index contributed by atoms with van der Waals surface area (Å²) < 4.78 is 16.0. The second-order valence-corrected chi connectivity index (χ2v) is 12.9. The summed E-state index contributed by atoms with van der Waals surface area (Å²) >= 11 is 0. The summed E-state index contributed by atoms with van der Waals surface area (Å²) in [6.07, 6.45) is -0.232. The molecular formula is C29H38FN3O7. The molecule has 1 aromatic rings. The van der Waals surface area contributed by atoms with Gasteiger partial charge in [0.05, 0.1) is 17.5 Å². The molecule has 6 atom stereocenters. The van der Waals surface area contributed by atoms with Gasteiger partial charge in [-0.05, 0) is 50.9 Å². The second kappa shape index (κ2) is 10.1. The van der Waals surface area contributed by atoms with Crippen molar-refractivity contribution in [3.05, 3.63) is 28.6 Å². The molecule has 11 heteroatoms. The number of nitrogens with zero attached hydrogens (tertiary/aromatic N) is 2. The average Bonchev–Trinajstić information content (AvgIpc) is 2.82. The molecule has 2 fully saturated rings. The normalized spacial score (nSPS) is 30.4. The van der Waals surface area contributed by atoms with Gasteiger partial charge in [0.1, 0.15) is 11.6 Å². The average molecular weight is 560 g/mol. The van der Waals surface area contributed by atoms with E-state index in [1.54, 1.807) is 0 Å². The smallest absolute Gasteiger partial charge is 0.235 e. The van der Waals surface area contributed by atoms with E-state index < -0.39 is 75.9 Å². The van der Waals surface area contributed by atoms with E-state index in [4.69, 9.17) is 5.73 Å². The molecule has 4 N–H and O–H groups in total. The van der Waals surface area contributed by atoms with Gasteiger partial charge in [-0.2, -0.15) is 0 Å². The van der Waals surface area contributed by atoms with Crippen LogP contribution in [0.2, 0.25) is 0 Å². The van der Waals surface area contributed by atoms with Crippen LogP contribution in [0.1, 0.15) is 55.6 Å². The fourth-order valence-electron chi connectivity index (χ4n) is 7.01. The lowest BCUT2D eigenvalue weighted by atomic mass is 9.52. The van der Waals surface area contributed by atoms with E-state index in [-0.39, 0.29) is 41.5 Å². The number of phenols is 1. The van der Waals surface area contributed by atoms with Crippen molar-refractivity contribution >= 4 is 29.0 Å². The minimum absolute atomic E-state index is 0.0174. The number of halogens is 1. The van der Waals surface area contributed by atoms with E-state index in [0.717, 1.165) is 0 Å². The highest BCUT2D eigenvalue weighted by atomic mass is 19.1. The maximum absolute atomic E-state index is 16.0. The van der Waals surface area contributed by atoms with Gasteiger partial charge >= 0.3 is 0 Å². The number of aliphatic hydroxyl groups is 1. The fourth-order valence-corrected chi connectivity index (χ4v) is 7.01. The number of benzene rings is 1. The highest BCUT2D eigenvalue weighted by Crippen LogP contribution is 2.51. The number of fused-ring (bicyclic) bond motifs is 3. The summed E-state index contributed by atoms with van der Waals surface area (Å²) in [6, 6.07) is -0.0141. The van der Waals surface area contributed by atoms with Crippen molar-refractivity contribution in [1.82, 2.24) is 9.80 Å². The molecule has 0 heterocycles. The molecular weight excluding hydrogens is 521 g/mol. The first-order valence-electron chi connectivity index (χ1n) is 13.6. The maximum Gasteiger partial charge on any atom is 0.235 e. The van der Waals surface area contributed by atoms with Crippen molar-refractivity contribution in [3.63, 3.8) is 0 Å². The molecule has 3 aliphatic carbocycles. The molecule has 4 rings (SSSR count). The zero-order valence-electron chi connectivity index (χ0n) is 23.8. The quantitative estimate of drug-likeness (QED) is 0.430. The number of likely N-dealkylation sites (N-methyl/N-ethyl adjacent to an activating group) is 1. The number of nitrogens with two attached hydrogens (primary N) is 1. The molecule has 1 amide bonds. The molecule has 0 spiro atoms. The van der Waals surface area contributed by atoms with Crippen LogP contribution < -0.4 is 5.73 Å². The molecule has 2 unspecified atom stereocenters. The number of phenolic OH excluding ortho intramolecular Hbond substituents is 1. The van der Waals surface area contributed by atoms with E-state index >= 15 is 4.39 Å². The number of hydrogen-bond acceptors (Lipinski definition) is 9. The summed E-state index contributed by atoms with van der Waals surface area (Å²) in [6.45, 7) is 9.62. The zero-order chi connectivity index (χ0) is 30.1. The Morgan fingerprint density at radius 2 is 1.80 bits per heavy atom. The molecule has 40 heavy (non-hydrogen) atoms. The van der Waals surface area contributed by atoms with Crippen LogP contribution in [0.25, 0.3) is 0 Å². The van der Waals surface area contributed by atoms with Gasteiger partial charge in [-0.3, -0.25) is 33.8 Å². The second-order valence-electron chi connectivity index (χ2n) is 12.9. The van der Waals surface area contributed by atoms with Crippen LogP contribution in [0.3, 0.4) is 0 Å². The van der Waals surface area contributed by atoms with Crippen LogP contribution in [0.4, 0.5) is 4.39 Å². The Morgan fingerprint density at radius 3 is 2.33 bits per heavy atom. The number of hydrogen-bond donors (Lipinski definition) is 3. The molecule has 0 aliphatic heterocycles. The van der Waals surface area contributed by atoms with E-state index in [0.29, 0.717) is 13.1 Å². The Hall–Kier alpha value is -3.02. The fraction of sp³-hybridized carbons (Fsp3) is 0.621. The van der Waals surface area contributed by atoms with Crippen LogP contribution in [0.5, 0.6) is 5.75 Å². The van der Waals surface area contributed by atoms with Crippen molar-refractivity contribution in [2.45, 2.75) is 58.7 Å². The number of aromatic hydroxyl groups is 1. The van der Waals surface area contributed by atoms with Gasteiger partial charge in [-0.25, -0.2) is 4.39 Å². The van der Waals surface area contributed by atoms with Crippen molar-refractivity contribution in [3.8, 4) is 5.75 Å². The third kappa shape index (κ3) is 4.57. The largest absolute Gasteiger partial charge is 0.507 e. The maximum atomic E-state index is 16.0. The lowest BCUT2D eigenvalue weighted by Crippen LogP contribution is -2.74. The van der Waals surface area contributed by atoms with Crippen molar-refractivity contribution < 1.29 is 38.6 Å². The molecule has 0 bridgehead atoms. The molecule has 0 aromatic heterocycles. The first kappa shape index (κ1) is 30.0. The number of carbonyl (C=O) groups excluding carboxylic acids is 5. The third-order valence-electron chi connectivity index (χ3n) is 8.61. The van der Waals surface area contributed by atoms with Gasteiger partial charge in [0, 0.05) is 30.1 Å². The van der Waals surface area contributed by atoms with Crippen LogP contribution in [-0.4, -0.2) is 87.9 Å². The highest BCUT2D eigenvalue weighted by molar-refractivity contribution is 6.32. The van der Waals surface area contributed by atoms with Crippen LogP contribution in [0.15, 0.2) is 6.07 Å². The first-order chi connectivity index (χ1) is 18.4. The van der Waals surface area contributed by atoms with Gasteiger partial charge in [0.2, 0.25) is 5.91 Å². The van der Waals surface area contributed by atoms with Crippen LogP contribution in [0, 0.1) is 34.9 Å². The van der Waals surface area contributed by atoms with E-state index in [9.17, 15) is 34.2 Å². The molecule has 218 valence electrons. The number of primary amides is 1. The Bertz CT molecular complexity index is 1300. The predicted octanol–water partition coefficient (Wildman–Crippen LogP) is 0.874. The molecule has 10 nitrogen and oxygen atoms in total. The minimum atomic E-state index is -2.81. The van der Waals surface area contributed by atoms with Gasteiger partial charge in [-0.1, -0.05) is 27.7 Å². The SMILES string of the molecule is CCN(Cc1cc(O)c2c(c1F)C[C@H]1C[C@H]3[C@H](N(C)C)C(=O)C(C(N)=O)C(=O)[C@@]3(O)C(=O)C1C2=O)CC(C)(C)C. The topological polar surface area (TPSA) is 158 Å². The Balaban J connectivity index is 1.78. The van der Waals surface area contributed by atoms with Gasteiger partial charge < -0.3 is 15.9 Å². The Morgan fingerprint density at radius 1 is 1.18 bits per heavy atom. The molecule has 0 radical (unpaired) electrons. The van der Waals surface area contributed by atoms with Gasteiger partial charge in [-0.15, -0.1) is 0 Å². The molecule has 3 aliphatic rings. The number of carbonyl (C=O) groups is 5. The number of Topliss-reactive ketones (excluding diaryl/α,β-unsaturated/α-hetero) is 4. The van der Waals surface area contributed by atoms with Crippen LogP contribution >= 0.6 is 0 Å². The zero-order valence-corrected chi connectivity index (χ0v) is 23.8. The number of ketones is 4. The van der Waals surface area contributed by atoms with Crippen molar-refractivity contribution in [1.29, 1.82) is 0 Å². The van der Waals surface area contributed by atoms with E-state index in [2.05, 4.69) is 20.8 Å². The lowest BCUT2D eigenvalue weighted by Gasteiger charge is -2.52. The monoisotopic (exact) mass is 559 g/mol. The van der Waals surface area contributed by atoms with E-state index in [1.807, 2.05) is 11.8 Å². The van der Waals surface area contributed by atoms with Crippen molar-refractivity contribution in [2.75, 3.05) is 27.2 Å². The molecule has 1 aromatic carbocycles. The predicted molar refractivity (Wildman–Crippen MR) is 142 cm³/mol.